The third-order valence-corrected chi connectivity index (χ3v) is 4.68. The first kappa shape index (κ1) is 15.9. The van der Waals surface area contributed by atoms with Crippen LogP contribution in [0.4, 0.5) is 0 Å². The average Bonchev–Trinajstić information content (AvgIpc) is 2.84. The van der Waals surface area contributed by atoms with Gasteiger partial charge in [-0.25, -0.2) is 13.1 Å². The summed E-state index contributed by atoms with van der Waals surface area (Å²) in [6.45, 7) is 0.390. The van der Waals surface area contributed by atoms with Gasteiger partial charge in [-0.05, 0) is 17.7 Å². The first-order chi connectivity index (χ1) is 9.81. The van der Waals surface area contributed by atoms with E-state index >= 15 is 0 Å². The van der Waals surface area contributed by atoms with Gasteiger partial charge < -0.3 is 14.9 Å². The Morgan fingerprint density at radius 3 is 2.52 bits per heavy atom. The summed E-state index contributed by atoms with van der Waals surface area (Å²) in [4.78, 5) is 10.6. The van der Waals surface area contributed by atoms with Gasteiger partial charge in [0.05, 0.1) is 17.9 Å². The van der Waals surface area contributed by atoms with Crippen molar-refractivity contribution >= 4 is 16.0 Å². The van der Waals surface area contributed by atoms with Crippen LogP contribution >= 0.6 is 0 Å². The van der Waals surface area contributed by atoms with Crippen LogP contribution in [0, 0.1) is 0 Å². The van der Waals surface area contributed by atoms with Crippen molar-refractivity contribution in [3.05, 3.63) is 29.8 Å². The minimum Gasteiger partial charge on any atom is -0.481 e. The highest BCUT2D eigenvalue weighted by atomic mass is 32.2. The van der Waals surface area contributed by atoms with Gasteiger partial charge in [0.15, 0.2) is 0 Å². The lowest BCUT2D eigenvalue weighted by atomic mass is 10.1. The van der Waals surface area contributed by atoms with Crippen molar-refractivity contribution in [1.29, 1.82) is 0 Å². The number of nitrogens with one attached hydrogen (secondary N) is 1. The molecule has 0 amide bonds. The molecule has 1 aliphatic heterocycles. The van der Waals surface area contributed by atoms with E-state index in [4.69, 9.17) is 9.84 Å². The van der Waals surface area contributed by atoms with Crippen LogP contribution in [0.5, 0.6) is 0 Å². The molecular weight excluding hydrogens is 298 g/mol. The Morgan fingerprint density at radius 2 is 2.00 bits per heavy atom. The maximum absolute atomic E-state index is 12.1. The highest BCUT2D eigenvalue weighted by Crippen LogP contribution is 2.18. The summed E-state index contributed by atoms with van der Waals surface area (Å²) in [5.41, 5.74) is -0.652. The molecule has 1 unspecified atom stereocenters. The maximum atomic E-state index is 12.1. The first-order valence-corrected chi connectivity index (χ1v) is 7.90. The second kappa shape index (κ2) is 6.10. The zero-order valence-corrected chi connectivity index (χ0v) is 12.1. The normalized spacial score (nSPS) is 22.3. The molecule has 116 valence electrons. The van der Waals surface area contributed by atoms with Gasteiger partial charge >= 0.3 is 5.97 Å². The molecular formula is C13H17NO6S. The van der Waals surface area contributed by atoms with E-state index in [9.17, 15) is 18.3 Å². The molecule has 0 spiro atoms. The highest BCUT2D eigenvalue weighted by molar-refractivity contribution is 7.89. The lowest BCUT2D eigenvalue weighted by Crippen LogP contribution is -2.43. The van der Waals surface area contributed by atoms with Crippen LogP contribution in [0.2, 0.25) is 0 Å². The van der Waals surface area contributed by atoms with E-state index < -0.39 is 21.6 Å². The van der Waals surface area contributed by atoms with Gasteiger partial charge in [0, 0.05) is 19.6 Å². The minimum atomic E-state index is -3.74. The Bertz CT molecular complexity index is 604. The number of carboxylic acids is 1. The lowest BCUT2D eigenvalue weighted by Gasteiger charge is -2.20. The van der Waals surface area contributed by atoms with E-state index in [-0.39, 0.29) is 24.5 Å². The molecule has 7 nitrogen and oxygen atoms in total. The predicted octanol–water partition coefficient (Wildman–Crippen LogP) is -0.257. The van der Waals surface area contributed by atoms with Crippen molar-refractivity contribution in [2.75, 3.05) is 19.8 Å². The van der Waals surface area contributed by atoms with E-state index in [1.165, 1.54) is 24.3 Å². The molecule has 1 aromatic carbocycles. The largest absolute Gasteiger partial charge is 0.481 e. The maximum Gasteiger partial charge on any atom is 0.307 e. The first-order valence-electron chi connectivity index (χ1n) is 6.41. The Balaban J connectivity index is 2.03. The molecule has 1 fully saturated rings. The third kappa shape index (κ3) is 4.24. The van der Waals surface area contributed by atoms with Gasteiger partial charge in [0.25, 0.3) is 0 Å². The number of hydrogen-bond donors (Lipinski definition) is 3. The lowest BCUT2D eigenvalue weighted by molar-refractivity contribution is -0.136. The van der Waals surface area contributed by atoms with Crippen LogP contribution in [0.3, 0.4) is 0 Å². The quantitative estimate of drug-likeness (QED) is 0.667. The number of aliphatic carboxylic acids is 1. The predicted molar refractivity (Wildman–Crippen MR) is 73.4 cm³/mol. The second-order valence-corrected chi connectivity index (χ2v) is 6.83. The summed E-state index contributed by atoms with van der Waals surface area (Å²) in [5, 5.41) is 18.7. The summed E-state index contributed by atoms with van der Waals surface area (Å²) >= 11 is 0. The van der Waals surface area contributed by atoms with Crippen LogP contribution in [0.25, 0.3) is 0 Å². The zero-order chi connectivity index (χ0) is 15.5. The van der Waals surface area contributed by atoms with Crippen molar-refractivity contribution in [2.24, 2.45) is 0 Å². The second-order valence-electron chi connectivity index (χ2n) is 5.07. The number of sulfonamides is 1. The summed E-state index contributed by atoms with van der Waals surface area (Å²) < 4.78 is 31.6. The van der Waals surface area contributed by atoms with Crippen LogP contribution in [0.15, 0.2) is 29.2 Å². The molecule has 1 atom stereocenters. The molecule has 21 heavy (non-hydrogen) atoms. The molecule has 1 aliphatic rings. The van der Waals surface area contributed by atoms with Crippen LogP contribution in [0.1, 0.15) is 12.0 Å². The van der Waals surface area contributed by atoms with Crippen LogP contribution < -0.4 is 4.72 Å². The van der Waals surface area contributed by atoms with Gasteiger partial charge in [-0.3, -0.25) is 4.79 Å². The fraction of sp³-hybridized carbons (Fsp3) is 0.462. The van der Waals surface area contributed by atoms with E-state index in [2.05, 4.69) is 4.72 Å². The molecule has 0 aromatic heterocycles. The summed E-state index contributed by atoms with van der Waals surface area (Å²) in [6.07, 6.45) is 0.220. The number of carboxylic acid groups (broad SMARTS) is 1. The molecule has 8 heteroatoms. The van der Waals surface area contributed by atoms with Gasteiger partial charge in [0.2, 0.25) is 10.0 Å². The van der Waals surface area contributed by atoms with E-state index in [0.717, 1.165) is 0 Å². The number of aliphatic hydroxyl groups is 1. The Morgan fingerprint density at radius 1 is 1.33 bits per heavy atom. The monoisotopic (exact) mass is 315 g/mol. The molecule has 0 aliphatic carbocycles. The van der Waals surface area contributed by atoms with Crippen molar-refractivity contribution in [3.63, 3.8) is 0 Å². The Kier molecular flexibility index (Phi) is 4.62. The summed E-state index contributed by atoms with van der Waals surface area (Å²) in [5.74, 6) is -0.979. The summed E-state index contributed by atoms with van der Waals surface area (Å²) in [6, 6.07) is 5.59. The SMILES string of the molecule is O=C(O)Cc1ccc(S(=O)(=O)NCC2(O)CCOC2)cc1. The number of hydrogen-bond acceptors (Lipinski definition) is 5. The molecule has 0 radical (unpaired) electrons. The topological polar surface area (TPSA) is 113 Å². The molecule has 1 saturated heterocycles. The van der Waals surface area contributed by atoms with Gasteiger partial charge in [-0.1, -0.05) is 12.1 Å². The molecule has 3 N–H and O–H groups in total. The Labute approximate surface area is 122 Å². The zero-order valence-electron chi connectivity index (χ0n) is 11.3. The number of benzene rings is 1. The number of rotatable bonds is 6. The third-order valence-electron chi connectivity index (χ3n) is 3.26. The smallest absolute Gasteiger partial charge is 0.307 e. The van der Waals surface area contributed by atoms with E-state index in [1.807, 2.05) is 0 Å². The summed E-state index contributed by atoms with van der Waals surface area (Å²) in [7, 11) is -3.74. The van der Waals surface area contributed by atoms with Gasteiger partial charge in [0.1, 0.15) is 5.60 Å². The van der Waals surface area contributed by atoms with E-state index in [0.29, 0.717) is 18.6 Å². The van der Waals surface area contributed by atoms with Crippen molar-refractivity contribution in [1.82, 2.24) is 4.72 Å². The van der Waals surface area contributed by atoms with Crippen LogP contribution in [-0.2, 0) is 26.0 Å². The molecule has 1 heterocycles. The van der Waals surface area contributed by atoms with Crippen LogP contribution in [-0.4, -0.2) is 50.0 Å². The van der Waals surface area contributed by atoms with Gasteiger partial charge in [-0.2, -0.15) is 0 Å². The standard InChI is InChI=1S/C13H17NO6S/c15-12(16)7-10-1-3-11(4-2-10)21(18,19)14-8-13(17)5-6-20-9-13/h1-4,14,17H,5-9H2,(H,15,16). The number of ether oxygens (including phenoxy) is 1. The van der Waals surface area contributed by atoms with Crippen molar-refractivity contribution in [3.8, 4) is 0 Å². The highest BCUT2D eigenvalue weighted by Gasteiger charge is 2.33. The molecule has 0 saturated carbocycles. The van der Waals surface area contributed by atoms with Crippen molar-refractivity contribution in [2.45, 2.75) is 23.3 Å². The fourth-order valence-electron chi connectivity index (χ4n) is 2.01. The Hall–Kier alpha value is -1.48. The number of carbonyl (C=O) groups is 1. The molecule has 2 rings (SSSR count). The average molecular weight is 315 g/mol. The molecule has 1 aromatic rings. The van der Waals surface area contributed by atoms with Gasteiger partial charge in [-0.15, -0.1) is 0 Å². The fourth-order valence-corrected chi connectivity index (χ4v) is 3.13. The van der Waals surface area contributed by atoms with E-state index in [1.54, 1.807) is 0 Å². The minimum absolute atomic E-state index is 0.0270. The molecule has 0 bridgehead atoms. The van der Waals surface area contributed by atoms with Crippen molar-refractivity contribution < 1.29 is 28.2 Å².